The minimum Gasteiger partial charge on any atom is -0.366 e. The first-order chi connectivity index (χ1) is 10.9. The van der Waals surface area contributed by atoms with Crippen LogP contribution in [-0.2, 0) is 4.79 Å². The van der Waals surface area contributed by atoms with E-state index in [0.29, 0.717) is 38.2 Å². The molecule has 0 radical (unpaired) electrons. The van der Waals surface area contributed by atoms with E-state index in [-0.39, 0.29) is 23.1 Å². The molecule has 0 bridgehead atoms. The van der Waals surface area contributed by atoms with E-state index < -0.39 is 10.8 Å². The van der Waals surface area contributed by atoms with E-state index in [1.807, 2.05) is 11.8 Å². The van der Waals surface area contributed by atoms with Crippen LogP contribution in [0.5, 0.6) is 0 Å². The molecule has 8 nitrogen and oxygen atoms in total. The van der Waals surface area contributed by atoms with Crippen molar-refractivity contribution in [2.75, 3.05) is 24.5 Å². The Kier molecular flexibility index (Phi) is 5.15. The van der Waals surface area contributed by atoms with Crippen LogP contribution in [0, 0.1) is 16.0 Å². The third-order valence-corrected chi connectivity index (χ3v) is 4.01. The molecule has 0 spiro atoms. The van der Waals surface area contributed by atoms with Crippen LogP contribution in [0.1, 0.15) is 30.1 Å². The van der Waals surface area contributed by atoms with Gasteiger partial charge in [-0.3, -0.25) is 19.7 Å². The van der Waals surface area contributed by atoms with Crippen LogP contribution >= 0.6 is 0 Å². The van der Waals surface area contributed by atoms with Gasteiger partial charge in [-0.2, -0.15) is 0 Å². The molecule has 8 heteroatoms. The predicted octanol–water partition coefficient (Wildman–Crippen LogP) is 1.05. The zero-order chi connectivity index (χ0) is 17.0. The van der Waals surface area contributed by atoms with Crippen molar-refractivity contribution in [3.63, 3.8) is 0 Å². The summed E-state index contributed by atoms with van der Waals surface area (Å²) in [6.45, 7) is 3.58. The lowest BCUT2D eigenvalue weighted by atomic mass is 9.95. The number of amides is 2. The second-order valence-corrected chi connectivity index (χ2v) is 5.48. The highest BCUT2D eigenvalue weighted by Gasteiger charge is 2.28. The zero-order valence-corrected chi connectivity index (χ0v) is 12.9. The average molecular weight is 320 g/mol. The highest BCUT2D eigenvalue weighted by molar-refractivity contribution is 5.94. The molecule has 1 aliphatic rings. The van der Waals surface area contributed by atoms with Crippen LogP contribution in [0.3, 0.4) is 0 Å². The van der Waals surface area contributed by atoms with Crippen LogP contribution in [0.15, 0.2) is 18.2 Å². The average Bonchev–Trinajstić information content (AvgIpc) is 2.54. The number of nitrogens with one attached hydrogen (secondary N) is 1. The van der Waals surface area contributed by atoms with Crippen molar-refractivity contribution >= 4 is 23.2 Å². The van der Waals surface area contributed by atoms with Crippen LogP contribution in [-0.4, -0.2) is 36.4 Å². The zero-order valence-electron chi connectivity index (χ0n) is 12.9. The smallest absolute Gasteiger partial charge is 0.293 e. The molecule has 124 valence electrons. The lowest BCUT2D eigenvalue weighted by molar-refractivity contribution is -0.384. The molecule has 1 saturated heterocycles. The highest BCUT2D eigenvalue weighted by atomic mass is 16.6. The monoisotopic (exact) mass is 320 g/mol. The van der Waals surface area contributed by atoms with Crippen molar-refractivity contribution < 1.29 is 14.5 Å². The first-order valence-corrected chi connectivity index (χ1v) is 7.55. The highest BCUT2D eigenvalue weighted by Crippen LogP contribution is 2.32. The molecule has 1 heterocycles. The molecular formula is C15H20N4O4. The third-order valence-electron chi connectivity index (χ3n) is 4.01. The Bertz CT molecular complexity index is 624. The van der Waals surface area contributed by atoms with Crippen LogP contribution in [0.4, 0.5) is 11.4 Å². The third kappa shape index (κ3) is 3.77. The molecular weight excluding hydrogens is 300 g/mol. The number of hydrogen-bond acceptors (Lipinski definition) is 5. The van der Waals surface area contributed by atoms with Gasteiger partial charge in [-0.1, -0.05) is 0 Å². The summed E-state index contributed by atoms with van der Waals surface area (Å²) in [5, 5.41) is 14.1. The first-order valence-electron chi connectivity index (χ1n) is 7.55. The predicted molar refractivity (Wildman–Crippen MR) is 85.2 cm³/mol. The number of nitrogens with two attached hydrogens (primary N) is 1. The summed E-state index contributed by atoms with van der Waals surface area (Å²) in [6.07, 6.45) is 1.28. The first kappa shape index (κ1) is 16.7. The van der Waals surface area contributed by atoms with E-state index in [9.17, 15) is 19.7 Å². The van der Waals surface area contributed by atoms with Gasteiger partial charge in [0, 0.05) is 37.2 Å². The van der Waals surface area contributed by atoms with Gasteiger partial charge >= 0.3 is 0 Å². The molecule has 0 aliphatic carbocycles. The number of nitro benzene ring substituents is 1. The topological polar surface area (TPSA) is 119 Å². The number of benzene rings is 1. The standard InChI is InChI=1S/C15H20N4O4/c1-2-17-15(21)10-5-7-18(8-6-10)12-4-3-11(14(16)20)9-13(12)19(22)23/h3-4,9-10H,2,5-8H2,1H3,(H2,16,20)(H,17,21). The van der Waals surface area contributed by atoms with Crippen molar-refractivity contribution in [1.82, 2.24) is 5.32 Å². The van der Waals surface area contributed by atoms with Crippen LogP contribution in [0.25, 0.3) is 0 Å². The minimum absolute atomic E-state index is 0.0331. The summed E-state index contributed by atoms with van der Waals surface area (Å²) in [5.41, 5.74) is 5.59. The molecule has 3 N–H and O–H groups in total. The molecule has 1 aromatic rings. The Hall–Kier alpha value is -2.64. The van der Waals surface area contributed by atoms with Crippen molar-refractivity contribution in [2.45, 2.75) is 19.8 Å². The Labute approximate surface area is 133 Å². The number of primary amides is 1. The van der Waals surface area contributed by atoms with E-state index >= 15 is 0 Å². The molecule has 2 amide bonds. The Morgan fingerprint density at radius 1 is 1.39 bits per heavy atom. The fourth-order valence-corrected chi connectivity index (χ4v) is 2.79. The number of piperidine rings is 1. The summed E-state index contributed by atoms with van der Waals surface area (Å²) < 4.78 is 0. The lowest BCUT2D eigenvalue weighted by Gasteiger charge is -2.32. The molecule has 1 aromatic carbocycles. The van der Waals surface area contributed by atoms with Crippen molar-refractivity contribution in [3.8, 4) is 0 Å². The molecule has 0 aromatic heterocycles. The second kappa shape index (κ2) is 7.08. The lowest BCUT2D eigenvalue weighted by Crippen LogP contribution is -2.40. The van der Waals surface area contributed by atoms with E-state index in [0.717, 1.165) is 0 Å². The van der Waals surface area contributed by atoms with Gasteiger partial charge in [-0.25, -0.2) is 0 Å². The fourth-order valence-electron chi connectivity index (χ4n) is 2.79. The summed E-state index contributed by atoms with van der Waals surface area (Å²) in [5.74, 6) is -0.726. The summed E-state index contributed by atoms with van der Waals surface area (Å²) in [4.78, 5) is 35.6. The van der Waals surface area contributed by atoms with Crippen molar-refractivity contribution in [1.29, 1.82) is 0 Å². The SMILES string of the molecule is CCNC(=O)C1CCN(c2ccc(C(N)=O)cc2[N+](=O)[O-])CC1. The van der Waals surface area contributed by atoms with Gasteiger partial charge in [0.2, 0.25) is 11.8 Å². The molecule has 0 atom stereocenters. The fraction of sp³-hybridized carbons (Fsp3) is 0.467. The molecule has 0 saturated carbocycles. The molecule has 0 unspecified atom stereocenters. The second-order valence-electron chi connectivity index (χ2n) is 5.48. The van der Waals surface area contributed by atoms with Crippen molar-refractivity contribution in [2.24, 2.45) is 11.7 Å². The van der Waals surface area contributed by atoms with E-state index in [1.54, 1.807) is 6.07 Å². The van der Waals surface area contributed by atoms with E-state index in [2.05, 4.69) is 5.32 Å². The van der Waals surface area contributed by atoms with Gasteiger partial charge < -0.3 is 16.0 Å². The van der Waals surface area contributed by atoms with Gasteiger partial charge in [0.1, 0.15) is 5.69 Å². The van der Waals surface area contributed by atoms with E-state index in [4.69, 9.17) is 5.73 Å². The number of rotatable bonds is 5. The maximum absolute atomic E-state index is 11.8. The van der Waals surface area contributed by atoms with Gasteiger partial charge in [-0.05, 0) is 31.9 Å². The number of nitro groups is 1. The summed E-state index contributed by atoms with van der Waals surface area (Å²) in [6, 6.07) is 4.23. The summed E-state index contributed by atoms with van der Waals surface area (Å²) in [7, 11) is 0. The maximum Gasteiger partial charge on any atom is 0.293 e. The number of nitrogens with zero attached hydrogens (tertiary/aromatic N) is 2. The Balaban J connectivity index is 2.16. The van der Waals surface area contributed by atoms with Crippen LogP contribution < -0.4 is 16.0 Å². The van der Waals surface area contributed by atoms with E-state index in [1.165, 1.54) is 12.1 Å². The quantitative estimate of drug-likeness (QED) is 0.621. The molecule has 23 heavy (non-hydrogen) atoms. The van der Waals surface area contributed by atoms with Gasteiger partial charge in [0.15, 0.2) is 0 Å². The largest absolute Gasteiger partial charge is 0.366 e. The van der Waals surface area contributed by atoms with Crippen molar-refractivity contribution in [3.05, 3.63) is 33.9 Å². The molecule has 1 aliphatic heterocycles. The molecule has 1 fully saturated rings. The van der Waals surface area contributed by atoms with Gasteiger partial charge in [0.05, 0.1) is 4.92 Å². The minimum atomic E-state index is -0.699. The van der Waals surface area contributed by atoms with Gasteiger partial charge in [-0.15, -0.1) is 0 Å². The Morgan fingerprint density at radius 2 is 2.04 bits per heavy atom. The maximum atomic E-state index is 11.8. The molecule has 2 rings (SSSR count). The number of carbonyl (C=O) groups is 2. The normalized spacial score (nSPS) is 15.3. The Morgan fingerprint density at radius 3 is 2.57 bits per heavy atom. The van der Waals surface area contributed by atoms with Crippen LogP contribution in [0.2, 0.25) is 0 Å². The van der Waals surface area contributed by atoms with Gasteiger partial charge in [0.25, 0.3) is 5.69 Å². The summed E-state index contributed by atoms with van der Waals surface area (Å²) >= 11 is 0. The number of anilines is 1. The number of carbonyl (C=O) groups excluding carboxylic acids is 2. The number of hydrogen-bond donors (Lipinski definition) is 2.